The van der Waals surface area contributed by atoms with Gasteiger partial charge in [0.05, 0.1) is 0 Å². The number of likely N-dealkylation sites (tertiary alicyclic amines) is 1. The number of piperidine rings is 1. The van der Waals surface area contributed by atoms with Gasteiger partial charge in [0.2, 0.25) is 5.91 Å². The highest BCUT2D eigenvalue weighted by molar-refractivity contribution is 6.07. The summed E-state index contributed by atoms with van der Waals surface area (Å²) in [5, 5.41) is 14.9. The minimum absolute atomic E-state index is 0.0513. The van der Waals surface area contributed by atoms with Crippen molar-refractivity contribution >= 4 is 11.7 Å². The zero-order valence-corrected chi connectivity index (χ0v) is 10.9. The lowest BCUT2D eigenvalue weighted by Gasteiger charge is -2.40. The van der Waals surface area contributed by atoms with Gasteiger partial charge in [0.15, 0.2) is 5.84 Å². The number of nitrogens with zero attached hydrogens (tertiary/aromatic N) is 2. The van der Waals surface area contributed by atoms with Gasteiger partial charge >= 0.3 is 0 Å². The van der Waals surface area contributed by atoms with Gasteiger partial charge in [0.1, 0.15) is 5.41 Å². The number of nitrogens with one attached hydrogen (secondary N) is 1. The van der Waals surface area contributed by atoms with E-state index >= 15 is 0 Å². The number of carbonyl (C=O) groups excluding carboxylic acids is 1. The lowest BCUT2D eigenvalue weighted by atomic mass is 9.67. The maximum absolute atomic E-state index is 12.3. The van der Waals surface area contributed by atoms with Crippen LogP contribution in [-0.4, -0.2) is 48.0 Å². The number of hydrogen-bond acceptors (Lipinski definition) is 4. The first-order valence-electron chi connectivity index (χ1n) is 6.56. The van der Waals surface area contributed by atoms with E-state index < -0.39 is 5.41 Å². The summed E-state index contributed by atoms with van der Waals surface area (Å²) in [6.07, 6.45) is 4.41. The highest BCUT2D eigenvalue weighted by atomic mass is 16.4. The monoisotopic (exact) mass is 254 g/mol. The molecule has 2 rings (SSSR count). The Morgan fingerprint density at radius 3 is 2.72 bits per heavy atom. The van der Waals surface area contributed by atoms with Crippen LogP contribution in [0.25, 0.3) is 0 Å². The average Bonchev–Trinajstić information content (AvgIpc) is 2.27. The van der Waals surface area contributed by atoms with E-state index in [1.165, 1.54) is 0 Å². The molecule has 0 aromatic rings. The van der Waals surface area contributed by atoms with Crippen molar-refractivity contribution in [1.82, 2.24) is 10.2 Å². The summed E-state index contributed by atoms with van der Waals surface area (Å²) in [4.78, 5) is 14.5. The van der Waals surface area contributed by atoms with Crippen molar-refractivity contribution < 1.29 is 10.0 Å². The van der Waals surface area contributed by atoms with E-state index in [9.17, 15) is 4.79 Å². The highest BCUT2D eigenvalue weighted by Crippen LogP contribution is 2.41. The lowest BCUT2D eigenvalue weighted by Crippen LogP contribution is -2.57. The SMILES string of the molecule is CN1CCCC(NC(=O)C2(C(N)=NO)CCC2)C1. The second-order valence-electron chi connectivity index (χ2n) is 5.50. The van der Waals surface area contributed by atoms with Crippen LogP contribution in [0.15, 0.2) is 5.16 Å². The Morgan fingerprint density at radius 2 is 2.22 bits per heavy atom. The minimum Gasteiger partial charge on any atom is -0.409 e. The van der Waals surface area contributed by atoms with Gasteiger partial charge in [0, 0.05) is 12.6 Å². The van der Waals surface area contributed by atoms with Gasteiger partial charge in [-0.15, -0.1) is 0 Å². The van der Waals surface area contributed by atoms with Gasteiger partial charge in [-0.25, -0.2) is 0 Å². The Kier molecular flexibility index (Phi) is 3.75. The Labute approximate surface area is 107 Å². The summed E-state index contributed by atoms with van der Waals surface area (Å²) < 4.78 is 0. The third-order valence-corrected chi connectivity index (χ3v) is 4.20. The molecule has 18 heavy (non-hydrogen) atoms. The lowest BCUT2D eigenvalue weighted by molar-refractivity contribution is -0.132. The fourth-order valence-electron chi connectivity index (χ4n) is 2.83. The molecular formula is C12H22N4O2. The standard InChI is InChI=1S/C12H22N4O2/c1-16-7-2-4-9(8-16)14-11(17)12(5-3-6-12)10(13)15-18/h9,18H,2-8H2,1H3,(H2,13,15)(H,14,17). The Hall–Kier alpha value is -1.30. The third kappa shape index (κ3) is 2.29. The quantitative estimate of drug-likeness (QED) is 0.288. The maximum Gasteiger partial charge on any atom is 0.234 e. The van der Waals surface area contributed by atoms with Crippen molar-refractivity contribution in [2.24, 2.45) is 16.3 Å². The van der Waals surface area contributed by atoms with Crippen LogP contribution in [0.2, 0.25) is 0 Å². The molecule has 6 nitrogen and oxygen atoms in total. The Bertz CT molecular complexity index is 352. The van der Waals surface area contributed by atoms with E-state index in [1.54, 1.807) is 0 Å². The smallest absolute Gasteiger partial charge is 0.234 e. The molecule has 102 valence electrons. The molecule has 2 fully saturated rings. The predicted molar refractivity (Wildman–Crippen MR) is 68.4 cm³/mol. The Morgan fingerprint density at radius 1 is 1.50 bits per heavy atom. The van der Waals surface area contributed by atoms with Crippen LogP contribution in [0.3, 0.4) is 0 Å². The average molecular weight is 254 g/mol. The topological polar surface area (TPSA) is 91.0 Å². The highest BCUT2D eigenvalue weighted by Gasteiger charge is 2.48. The van der Waals surface area contributed by atoms with Crippen molar-refractivity contribution in [2.45, 2.75) is 38.1 Å². The van der Waals surface area contributed by atoms with Crippen molar-refractivity contribution in [3.8, 4) is 0 Å². The minimum atomic E-state index is -0.759. The second kappa shape index (κ2) is 5.14. The number of likely N-dealkylation sites (N-methyl/N-ethyl adjacent to an activating group) is 1. The molecular weight excluding hydrogens is 232 g/mol. The second-order valence-corrected chi connectivity index (χ2v) is 5.50. The van der Waals surface area contributed by atoms with Crippen LogP contribution in [-0.2, 0) is 4.79 Å². The molecule has 1 aliphatic heterocycles. The van der Waals surface area contributed by atoms with Gasteiger partial charge < -0.3 is 21.2 Å². The zero-order chi connectivity index (χ0) is 13.2. The first-order valence-corrected chi connectivity index (χ1v) is 6.56. The van der Waals surface area contributed by atoms with Gasteiger partial charge in [-0.05, 0) is 39.3 Å². The van der Waals surface area contributed by atoms with Crippen molar-refractivity contribution in [3.05, 3.63) is 0 Å². The summed E-state index contributed by atoms with van der Waals surface area (Å²) in [5.41, 5.74) is 4.92. The molecule has 1 unspecified atom stereocenters. The van der Waals surface area contributed by atoms with Crippen molar-refractivity contribution in [1.29, 1.82) is 0 Å². The number of carbonyl (C=O) groups is 1. The van der Waals surface area contributed by atoms with E-state index in [0.717, 1.165) is 32.4 Å². The molecule has 1 amide bonds. The summed E-state index contributed by atoms with van der Waals surface area (Å²) in [6.45, 7) is 1.95. The van der Waals surface area contributed by atoms with Crippen LogP contribution < -0.4 is 11.1 Å². The molecule has 6 heteroatoms. The number of oxime groups is 1. The van der Waals surface area contributed by atoms with E-state index in [1.807, 2.05) is 0 Å². The van der Waals surface area contributed by atoms with Crippen LogP contribution in [0, 0.1) is 5.41 Å². The van der Waals surface area contributed by atoms with Gasteiger partial charge in [-0.2, -0.15) is 0 Å². The molecule has 1 saturated heterocycles. The van der Waals surface area contributed by atoms with Crippen LogP contribution >= 0.6 is 0 Å². The molecule has 0 spiro atoms. The third-order valence-electron chi connectivity index (χ3n) is 4.20. The Balaban J connectivity index is 1.98. The van der Waals surface area contributed by atoms with Crippen LogP contribution in [0.4, 0.5) is 0 Å². The number of amides is 1. The van der Waals surface area contributed by atoms with Gasteiger partial charge in [0.25, 0.3) is 0 Å². The molecule has 1 aliphatic carbocycles. The van der Waals surface area contributed by atoms with E-state index in [2.05, 4.69) is 22.4 Å². The summed E-state index contributed by atoms with van der Waals surface area (Å²) in [5.74, 6) is -0.0280. The maximum atomic E-state index is 12.3. The predicted octanol–water partition coefficient (Wildman–Crippen LogP) is 0.114. The number of rotatable bonds is 3. The van der Waals surface area contributed by atoms with Crippen molar-refractivity contribution in [2.75, 3.05) is 20.1 Å². The van der Waals surface area contributed by atoms with Crippen LogP contribution in [0.1, 0.15) is 32.1 Å². The first-order chi connectivity index (χ1) is 8.58. The molecule has 2 aliphatic rings. The molecule has 1 atom stereocenters. The number of amidine groups is 1. The summed E-state index contributed by atoms with van der Waals surface area (Å²) in [6, 6.07) is 0.181. The molecule has 1 heterocycles. The largest absolute Gasteiger partial charge is 0.409 e. The van der Waals surface area contributed by atoms with E-state index in [-0.39, 0.29) is 17.8 Å². The molecule has 0 radical (unpaired) electrons. The number of nitrogens with two attached hydrogens (primary N) is 1. The molecule has 1 saturated carbocycles. The molecule has 0 bridgehead atoms. The summed E-state index contributed by atoms with van der Waals surface area (Å²) >= 11 is 0. The zero-order valence-electron chi connectivity index (χ0n) is 10.9. The number of hydrogen-bond donors (Lipinski definition) is 3. The fourth-order valence-corrected chi connectivity index (χ4v) is 2.83. The van der Waals surface area contributed by atoms with Gasteiger partial charge in [-0.1, -0.05) is 11.6 Å². The van der Waals surface area contributed by atoms with Crippen LogP contribution in [0.5, 0.6) is 0 Å². The molecule has 0 aromatic carbocycles. The van der Waals surface area contributed by atoms with Crippen molar-refractivity contribution in [3.63, 3.8) is 0 Å². The van der Waals surface area contributed by atoms with E-state index in [0.29, 0.717) is 12.8 Å². The normalized spacial score (nSPS) is 28.5. The van der Waals surface area contributed by atoms with Gasteiger partial charge in [-0.3, -0.25) is 4.79 Å². The fraction of sp³-hybridized carbons (Fsp3) is 0.833. The first kappa shape index (κ1) is 13.1. The summed E-state index contributed by atoms with van der Waals surface area (Å²) in [7, 11) is 2.06. The molecule has 0 aromatic heterocycles. The van der Waals surface area contributed by atoms with E-state index in [4.69, 9.17) is 10.9 Å². The molecule has 4 N–H and O–H groups in total.